The standard InChI is InChI=1S/C19H21N5O/c1-14-9-10-22-24(14)16-7-5-15(6-8-16)19(25)23-13-3-2-4-17(23)18-20-11-12-21-18/h5-12,17H,2-4,13H2,1H3,(H,20,21). The molecule has 1 unspecified atom stereocenters. The van der Waals surface area contributed by atoms with Gasteiger partial charge in [-0.3, -0.25) is 4.79 Å². The zero-order valence-electron chi connectivity index (χ0n) is 14.2. The van der Waals surface area contributed by atoms with Gasteiger partial charge in [-0.15, -0.1) is 0 Å². The fourth-order valence-corrected chi connectivity index (χ4v) is 3.47. The van der Waals surface area contributed by atoms with E-state index in [1.165, 1.54) is 0 Å². The summed E-state index contributed by atoms with van der Waals surface area (Å²) >= 11 is 0. The highest BCUT2D eigenvalue weighted by Gasteiger charge is 2.30. The number of nitrogens with zero attached hydrogens (tertiary/aromatic N) is 4. The maximum atomic E-state index is 13.0. The first-order valence-corrected chi connectivity index (χ1v) is 8.65. The number of piperidine rings is 1. The van der Waals surface area contributed by atoms with E-state index in [0.29, 0.717) is 5.56 Å². The van der Waals surface area contributed by atoms with Gasteiger partial charge in [0.15, 0.2) is 0 Å². The number of H-pyrrole nitrogens is 1. The van der Waals surface area contributed by atoms with Gasteiger partial charge >= 0.3 is 0 Å². The lowest BCUT2D eigenvalue weighted by molar-refractivity contribution is 0.0601. The number of nitrogens with one attached hydrogen (secondary N) is 1. The van der Waals surface area contributed by atoms with Crippen molar-refractivity contribution in [3.8, 4) is 5.69 Å². The van der Waals surface area contributed by atoms with Gasteiger partial charge in [0, 0.05) is 36.4 Å². The van der Waals surface area contributed by atoms with Gasteiger partial charge in [-0.25, -0.2) is 9.67 Å². The van der Waals surface area contributed by atoms with Gasteiger partial charge in [0.25, 0.3) is 5.91 Å². The number of hydrogen-bond acceptors (Lipinski definition) is 3. The van der Waals surface area contributed by atoms with Crippen molar-refractivity contribution < 1.29 is 4.79 Å². The van der Waals surface area contributed by atoms with E-state index in [2.05, 4.69) is 15.1 Å². The molecule has 1 fully saturated rings. The molecule has 0 spiro atoms. The molecule has 6 nitrogen and oxygen atoms in total. The van der Waals surface area contributed by atoms with Crippen molar-refractivity contribution in [2.24, 2.45) is 0 Å². The molecule has 3 heterocycles. The van der Waals surface area contributed by atoms with Crippen molar-refractivity contribution in [3.63, 3.8) is 0 Å². The Morgan fingerprint density at radius 1 is 1.16 bits per heavy atom. The lowest BCUT2D eigenvalue weighted by Gasteiger charge is -2.34. The molecule has 1 N–H and O–H groups in total. The van der Waals surface area contributed by atoms with Crippen LogP contribution in [0.3, 0.4) is 0 Å². The number of imidazole rings is 1. The number of rotatable bonds is 3. The Kier molecular flexibility index (Phi) is 4.09. The summed E-state index contributed by atoms with van der Waals surface area (Å²) in [5.74, 6) is 0.932. The Morgan fingerprint density at radius 3 is 2.68 bits per heavy atom. The Bertz CT molecular complexity index is 850. The molecule has 0 radical (unpaired) electrons. The zero-order chi connectivity index (χ0) is 17.2. The second-order valence-electron chi connectivity index (χ2n) is 6.42. The maximum Gasteiger partial charge on any atom is 0.254 e. The van der Waals surface area contributed by atoms with E-state index in [4.69, 9.17) is 0 Å². The van der Waals surface area contributed by atoms with Crippen LogP contribution in [-0.2, 0) is 0 Å². The van der Waals surface area contributed by atoms with Crippen LogP contribution in [0.1, 0.15) is 47.2 Å². The van der Waals surface area contributed by atoms with Gasteiger partial charge in [0.1, 0.15) is 5.82 Å². The smallest absolute Gasteiger partial charge is 0.254 e. The second kappa shape index (κ2) is 6.55. The first-order chi connectivity index (χ1) is 12.2. The molecule has 25 heavy (non-hydrogen) atoms. The Morgan fingerprint density at radius 2 is 2.00 bits per heavy atom. The largest absolute Gasteiger partial charge is 0.347 e. The quantitative estimate of drug-likeness (QED) is 0.799. The van der Waals surface area contributed by atoms with E-state index in [-0.39, 0.29) is 11.9 Å². The van der Waals surface area contributed by atoms with Crippen LogP contribution in [0.15, 0.2) is 48.9 Å². The van der Waals surface area contributed by atoms with Gasteiger partial charge in [-0.05, 0) is 56.5 Å². The summed E-state index contributed by atoms with van der Waals surface area (Å²) in [5, 5.41) is 4.31. The number of aromatic nitrogens is 4. The van der Waals surface area contributed by atoms with Gasteiger partial charge in [-0.1, -0.05) is 0 Å². The maximum absolute atomic E-state index is 13.0. The number of carbonyl (C=O) groups excluding carboxylic acids is 1. The van der Waals surface area contributed by atoms with E-state index in [1.54, 1.807) is 12.4 Å². The van der Waals surface area contributed by atoms with Crippen molar-refractivity contribution in [3.05, 3.63) is 66.0 Å². The molecule has 0 saturated carbocycles. The van der Waals surface area contributed by atoms with Gasteiger partial charge in [0.2, 0.25) is 0 Å². The number of benzene rings is 1. The van der Waals surface area contributed by atoms with Crippen LogP contribution in [-0.4, -0.2) is 37.1 Å². The summed E-state index contributed by atoms with van der Waals surface area (Å²) in [6.07, 6.45) is 8.43. The summed E-state index contributed by atoms with van der Waals surface area (Å²) in [4.78, 5) is 22.5. The minimum absolute atomic E-state index is 0.0317. The zero-order valence-corrected chi connectivity index (χ0v) is 14.2. The van der Waals surface area contributed by atoms with E-state index in [0.717, 1.165) is 43.0 Å². The van der Waals surface area contributed by atoms with Crippen LogP contribution in [0, 0.1) is 6.92 Å². The normalized spacial score (nSPS) is 17.6. The molecule has 3 aromatic rings. The topological polar surface area (TPSA) is 66.8 Å². The summed E-state index contributed by atoms with van der Waals surface area (Å²) < 4.78 is 1.86. The van der Waals surface area contributed by atoms with Crippen LogP contribution in [0.4, 0.5) is 0 Å². The molecule has 1 atom stereocenters. The number of amides is 1. The van der Waals surface area contributed by atoms with Gasteiger partial charge in [-0.2, -0.15) is 5.10 Å². The summed E-state index contributed by atoms with van der Waals surface area (Å²) in [6, 6.07) is 9.64. The lowest BCUT2D eigenvalue weighted by Crippen LogP contribution is -2.39. The molecule has 128 valence electrons. The molecule has 4 rings (SSSR count). The molecular formula is C19H21N5O. The minimum Gasteiger partial charge on any atom is -0.347 e. The van der Waals surface area contributed by atoms with Crippen molar-refractivity contribution in [2.75, 3.05) is 6.54 Å². The third-order valence-corrected chi connectivity index (χ3v) is 4.79. The van der Waals surface area contributed by atoms with Crippen LogP contribution in [0.2, 0.25) is 0 Å². The fourth-order valence-electron chi connectivity index (χ4n) is 3.47. The first-order valence-electron chi connectivity index (χ1n) is 8.65. The monoisotopic (exact) mass is 335 g/mol. The third kappa shape index (κ3) is 2.95. The van der Waals surface area contributed by atoms with Crippen molar-refractivity contribution in [2.45, 2.75) is 32.2 Å². The molecule has 0 bridgehead atoms. The molecule has 1 aliphatic heterocycles. The SMILES string of the molecule is Cc1ccnn1-c1ccc(C(=O)N2CCCCC2c2ncc[nH]2)cc1. The van der Waals surface area contributed by atoms with Crippen molar-refractivity contribution in [1.82, 2.24) is 24.6 Å². The van der Waals surface area contributed by atoms with Crippen LogP contribution < -0.4 is 0 Å². The summed E-state index contributed by atoms with van der Waals surface area (Å²) in [5.41, 5.74) is 2.72. The number of hydrogen-bond donors (Lipinski definition) is 1. The van der Waals surface area contributed by atoms with Gasteiger partial charge in [0.05, 0.1) is 11.7 Å². The Hall–Kier alpha value is -2.89. The molecule has 1 aromatic carbocycles. The van der Waals surface area contributed by atoms with E-state index < -0.39 is 0 Å². The first kappa shape index (κ1) is 15.6. The Balaban J connectivity index is 1.58. The molecule has 1 saturated heterocycles. The highest BCUT2D eigenvalue weighted by molar-refractivity contribution is 5.94. The average Bonchev–Trinajstić information content (AvgIpc) is 3.33. The van der Waals surface area contributed by atoms with Crippen LogP contribution in [0.25, 0.3) is 5.69 Å². The van der Waals surface area contributed by atoms with Crippen LogP contribution >= 0.6 is 0 Å². The molecule has 1 aliphatic rings. The summed E-state index contributed by atoms with van der Waals surface area (Å²) in [6.45, 7) is 2.78. The van der Waals surface area contributed by atoms with E-state index in [9.17, 15) is 4.79 Å². The predicted molar refractivity (Wildman–Crippen MR) is 94.5 cm³/mol. The number of likely N-dealkylation sites (tertiary alicyclic amines) is 1. The van der Waals surface area contributed by atoms with Gasteiger partial charge < -0.3 is 9.88 Å². The highest BCUT2D eigenvalue weighted by Crippen LogP contribution is 2.30. The number of aryl methyl sites for hydroxylation is 1. The average molecular weight is 335 g/mol. The number of carbonyl (C=O) groups is 1. The fraction of sp³-hybridized carbons (Fsp3) is 0.316. The minimum atomic E-state index is 0.0317. The number of aromatic amines is 1. The third-order valence-electron chi connectivity index (χ3n) is 4.79. The molecule has 1 amide bonds. The molecule has 2 aromatic heterocycles. The highest BCUT2D eigenvalue weighted by atomic mass is 16.2. The predicted octanol–water partition coefficient (Wildman–Crippen LogP) is 3.27. The molecule has 6 heteroatoms. The van der Waals surface area contributed by atoms with E-state index in [1.807, 2.05) is 53.0 Å². The second-order valence-corrected chi connectivity index (χ2v) is 6.42. The molecular weight excluding hydrogens is 314 g/mol. The van der Waals surface area contributed by atoms with Crippen LogP contribution in [0.5, 0.6) is 0 Å². The summed E-state index contributed by atoms with van der Waals surface area (Å²) in [7, 11) is 0. The van der Waals surface area contributed by atoms with E-state index >= 15 is 0 Å². The molecule has 0 aliphatic carbocycles. The van der Waals surface area contributed by atoms with Crippen molar-refractivity contribution >= 4 is 5.91 Å². The Labute approximate surface area is 146 Å². The van der Waals surface area contributed by atoms with Crippen molar-refractivity contribution in [1.29, 1.82) is 0 Å². The lowest BCUT2D eigenvalue weighted by atomic mass is 10.00.